The number of nitrogens with zero attached hydrogens (tertiary/aromatic N) is 2. The molecule has 1 unspecified atom stereocenters. The molecule has 1 aromatic rings. The number of carbonyl (C=O) groups is 1. The van der Waals surface area contributed by atoms with E-state index in [0.717, 1.165) is 74.5 Å². The van der Waals surface area contributed by atoms with Crippen LogP contribution in [0.2, 0.25) is 0 Å². The summed E-state index contributed by atoms with van der Waals surface area (Å²) in [6.07, 6.45) is 17.7. The minimum Gasteiger partial charge on any atom is -0.465 e. The Bertz CT molecular complexity index is 1380. The Morgan fingerprint density at radius 3 is 2.35 bits per heavy atom. The number of fused-ring (bicyclic) bond motifs is 5. The van der Waals surface area contributed by atoms with Crippen LogP contribution in [0.5, 0.6) is 0 Å². The van der Waals surface area contributed by atoms with Gasteiger partial charge in [-0.3, -0.25) is 4.90 Å². The van der Waals surface area contributed by atoms with Crippen molar-refractivity contribution in [2.75, 3.05) is 18.0 Å². The van der Waals surface area contributed by atoms with Crippen molar-refractivity contribution >= 4 is 21.8 Å². The van der Waals surface area contributed by atoms with Crippen LogP contribution >= 0.6 is 0 Å². The summed E-state index contributed by atoms with van der Waals surface area (Å²) < 4.78 is 28.0. The van der Waals surface area contributed by atoms with Crippen molar-refractivity contribution in [1.29, 1.82) is 0 Å². The van der Waals surface area contributed by atoms with Crippen LogP contribution in [0.25, 0.3) is 0 Å². The molecule has 1 aromatic carbocycles. The zero-order valence-electron chi connectivity index (χ0n) is 29.2. The van der Waals surface area contributed by atoms with E-state index >= 15 is 0 Å². The van der Waals surface area contributed by atoms with Gasteiger partial charge in [0.2, 0.25) is 10.0 Å². The van der Waals surface area contributed by atoms with Crippen molar-refractivity contribution in [1.82, 2.24) is 4.31 Å². The first-order valence-electron chi connectivity index (χ1n) is 18.7. The highest BCUT2D eigenvalue weighted by Crippen LogP contribution is 2.67. The van der Waals surface area contributed by atoms with Crippen molar-refractivity contribution in [2.24, 2.45) is 46.3 Å². The number of hydrogen-bond acceptors (Lipinski definition) is 3. The summed E-state index contributed by atoms with van der Waals surface area (Å²) in [7, 11) is -3.55. The van der Waals surface area contributed by atoms with Crippen LogP contribution < -0.4 is 4.90 Å². The summed E-state index contributed by atoms with van der Waals surface area (Å²) in [5.74, 6) is 4.72. The second-order valence-electron chi connectivity index (χ2n) is 16.8. The monoisotopic (exact) mass is 652 g/mol. The Hall–Kier alpha value is -1.86. The number of hydrogen-bond donors (Lipinski definition) is 1. The van der Waals surface area contributed by atoms with E-state index < -0.39 is 16.1 Å². The Morgan fingerprint density at radius 1 is 0.957 bits per heavy atom. The smallest absolute Gasteiger partial charge is 0.412 e. The van der Waals surface area contributed by atoms with Crippen molar-refractivity contribution in [2.45, 2.75) is 135 Å². The average Bonchev–Trinajstić information content (AvgIpc) is 3.39. The minimum absolute atomic E-state index is 0.130. The molecule has 6 nitrogen and oxygen atoms in total. The number of sulfonamides is 1. The van der Waals surface area contributed by atoms with Crippen LogP contribution in [0.4, 0.5) is 10.5 Å². The normalized spacial score (nSPS) is 35.5. The van der Waals surface area contributed by atoms with E-state index in [1.165, 1.54) is 55.4 Å². The lowest BCUT2D eigenvalue weighted by Gasteiger charge is -2.59. The quantitative estimate of drug-likeness (QED) is 0.270. The molecule has 0 bridgehead atoms. The molecule has 0 spiro atoms. The summed E-state index contributed by atoms with van der Waals surface area (Å²) >= 11 is 0. The molecule has 46 heavy (non-hydrogen) atoms. The molecule has 0 radical (unpaired) electrons. The minimum atomic E-state index is -3.55. The zero-order chi connectivity index (χ0) is 32.9. The first-order chi connectivity index (χ1) is 21.9. The maximum absolute atomic E-state index is 13.2. The standard InChI is InChI=1S/C39H60N2O4S/c1-27(2)10-9-11-28(3)34-18-19-35-33-17-12-29-26-31(20-22-38(29,4)36(33)21-23-39(34,35)5)41(37(42)43)30-13-15-32(16-14-30)46(44,45)40-24-7-6-8-25-40/h12-16,27-28,31,33-36H,6-11,17-26H2,1-5H3,(H,42,43)/t28-,31?,33+,34-,35+,36+,38+,39-/m1/s1. The highest BCUT2D eigenvalue weighted by atomic mass is 32.2. The third kappa shape index (κ3) is 6.10. The van der Waals surface area contributed by atoms with Gasteiger partial charge >= 0.3 is 6.09 Å². The fraction of sp³-hybridized carbons (Fsp3) is 0.769. The molecule has 4 aliphatic carbocycles. The predicted molar refractivity (Wildman–Crippen MR) is 186 cm³/mol. The van der Waals surface area contributed by atoms with Crippen LogP contribution in [-0.4, -0.2) is 43.1 Å². The van der Waals surface area contributed by atoms with E-state index in [4.69, 9.17) is 0 Å². The van der Waals surface area contributed by atoms with Crippen LogP contribution in [0.15, 0.2) is 40.8 Å². The second kappa shape index (κ2) is 13.2. The number of piperidine rings is 1. The summed E-state index contributed by atoms with van der Waals surface area (Å²) in [6.45, 7) is 13.5. The van der Waals surface area contributed by atoms with Crippen LogP contribution in [0, 0.1) is 46.3 Å². The van der Waals surface area contributed by atoms with Gasteiger partial charge in [-0.2, -0.15) is 4.31 Å². The molecule has 8 atom stereocenters. The van der Waals surface area contributed by atoms with Gasteiger partial charge in [0, 0.05) is 24.8 Å². The van der Waals surface area contributed by atoms with Gasteiger partial charge in [-0.15, -0.1) is 0 Å². The van der Waals surface area contributed by atoms with Crippen LogP contribution in [0.3, 0.4) is 0 Å². The molecule has 5 aliphatic rings. The first kappa shape index (κ1) is 34.0. The van der Waals surface area contributed by atoms with Gasteiger partial charge in [0.25, 0.3) is 0 Å². The number of amides is 1. The van der Waals surface area contributed by atoms with Gasteiger partial charge in [-0.1, -0.05) is 72.0 Å². The summed E-state index contributed by atoms with van der Waals surface area (Å²) in [4.78, 5) is 14.5. The topological polar surface area (TPSA) is 77.9 Å². The Morgan fingerprint density at radius 2 is 1.67 bits per heavy atom. The van der Waals surface area contributed by atoms with E-state index in [9.17, 15) is 18.3 Å². The van der Waals surface area contributed by atoms with E-state index in [1.54, 1.807) is 28.6 Å². The molecule has 3 saturated carbocycles. The summed E-state index contributed by atoms with van der Waals surface area (Å²) in [5.41, 5.74) is 2.66. The molecular formula is C39H60N2O4S. The SMILES string of the molecule is CC(C)CCC[C@@H](C)[C@H]1CC[C@H]2[C@@H]3CC=C4CC(N(C(=O)O)c5ccc(S(=O)(=O)N6CCCCC6)cc5)CC[C@]4(C)[C@H]3CC[C@]12C. The highest BCUT2D eigenvalue weighted by molar-refractivity contribution is 7.89. The van der Waals surface area contributed by atoms with Crippen LogP contribution in [0.1, 0.15) is 125 Å². The first-order valence-corrected chi connectivity index (χ1v) is 20.1. The lowest BCUT2D eigenvalue weighted by atomic mass is 9.46. The maximum Gasteiger partial charge on any atom is 0.412 e. The van der Waals surface area contributed by atoms with Gasteiger partial charge in [0.05, 0.1) is 4.90 Å². The van der Waals surface area contributed by atoms with Crippen molar-refractivity contribution < 1.29 is 18.3 Å². The fourth-order valence-corrected chi connectivity index (χ4v) is 12.9. The zero-order valence-corrected chi connectivity index (χ0v) is 30.0. The van der Waals surface area contributed by atoms with Gasteiger partial charge < -0.3 is 5.11 Å². The molecule has 7 heteroatoms. The van der Waals surface area contributed by atoms with Gasteiger partial charge in [0.1, 0.15) is 0 Å². The summed E-state index contributed by atoms with van der Waals surface area (Å²) in [5, 5.41) is 10.4. The van der Waals surface area contributed by atoms with Gasteiger partial charge in [0.15, 0.2) is 0 Å². The molecule has 4 fully saturated rings. The molecule has 256 valence electrons. The molecule has 1 heterocycles. The lowest BCUT2D eigenvalue weighted by Crippen LogP contribution is -2.52. The molecule has 1 N–H and O–H groups in total. The fourth-order valence-electron chi connectivity index (χ4n) is 11.4. The van der Waals surface area contributed by atoms with E-state index in [0.29, 0.717) is 30.1 Å². The maximum atomic E-state index is 13.2. The van der Waals surface area contributed by atoms with Crippen LogP contribution in [-0.2, 0) is 10.0 Å². The molecule has 1 aliphatic heterocycles. The Balaban J connectivity index is 1.16. The van der Waals surface area contributed by atoms with Gasteiger partial charge in [-0.05, 0) is 135 Å². The third-order valence-electron chi connectivity index (χ3n) is 13.9. The molecule has 0 aromatic heterocycles. The van der Waals surface area contributed by atoms with Crippen molar-refractivity contribution in [3.63, 3.8) is 0 Å². The lowest BCUT2D eigenvalue weighted by molar-refractivity contribution is -0.0509. The second-order valence-corrected chi connectivity index (χ2v) is 18.7. The predicted octanol–water partition coefficient (Wildman–Crippen LogP) is 9.76. The number of benzene rings is 1. The molecule has 6 rings (SSSR count). The van der Waals surface area contributed by atoms with E-state index in [2.05, 4.69) is 40.7 Å². The number of rotatable bonds is 9. The third-order valence-corrected chi connectivity index (χ3v) is 15.8. The largest absolute Gasteiger partial charge is 0.465 e. The Labute approximate surface area is 279 Å². The highest BCUT2D eigenvalue weighted by Gasteiger charge is 2.59. The average molecular weight is 653 g/mol. The number of anilines is 1. The Kier molecular flexibility index (Phi) is 9.77. The van der Waals surface area contributed by atoms with E-state index in [-0.39, 0.29) is 16.4 Å². The number of allylic oxidation sites excluding steroid dienone is 1. The van der Waals surface area contributed by atoms with Gasteiger partial charge in [-0.25, -0.2) is 13.2 Å². The number of carboxylic acid groups (broad SMARTS) is 1. The molecule has 1 saturated heterocycles. The summed E-state index contributed by atoms with van der Waals surface area (Å²) in [6, 6.07) is 6.48. The van der Waals surface area contributed by atoms with Crippen molar-refractivity contribution in [3.8, 4) is 0 Å². The molecule has 1 amide bonds. The molecular weight excluding hydrogens is 593 g/mol. The van der Waals surface area contributed by atoms with E-state index in [1.807, 2.05) is 0 Å². The van der Waals surface area contributed by atoms with Crippen molar-refractivity contribution in [3.05, 3.63) is 35.9 Å².